The number of morpholine rings is 1. The van der Waals surface area contributed by atoms with E-state index in [0.29, 0.717) is 0 Å². The Balaban J connectivity index is 1.41. The first kappa shape index (κ1) is 13.8. The number of ether oxygens (including phenoxy) is 1. The summed E-state index contributed by atoms with van der Waals surface area (Å²) in [5, 5.41) is 3.64. The third kappa shape index (κ3) is 4.71. The summed E-state index contributed by atoms with van der Waals surface area (Å²) in [6.07, 6.45) is 5.67. The van der Waals surface area contributed by atoms with E-state index in [1.807, 2.05) is 0 Å². The zero-order chi connectivity index (χ0) is 12.9. The van der Waals surface area contributed by atoms with Crippen molar-refractivity contribution in [3.8, 4) is 0 Å². The molecule has 1 unspecified atom stereocenters. The maximum atomic E-state index is 5.42. The van der Waals surface area contributed by atoms with Crippen molar-refractivity contribution in [2.24, 2.45) is 5.92 Å². The summed E-state index contributed by atoms with van der Waals surface area (Å²) in [6.45, 7) is 10.4. The Hall–Kier alpha value is -0.160. The van der Waals surface area contributed by atoms with Crippen LogP contribution in [0, 0.1) is 5.92 Å². The lowest BCUT2D eigenvalue weighted by atomic mass is 10.2. The van der Waals surface area contributed by atoms with Crippen molar-refractivity contribution < 1.29 is 4.74 Å². The topological polar surface area (TPSA) is 27.7 Å². The summed E-state index contributed by atoms with van der Waals surface area (Å²) in [5.74, 6) is 1.01. The Labute approximate surface area is 117 Å². The van der Waals surface area contributed by atoms with Crippen LogP contribution < -0.4 is 5.32 Å². The van der Waals surface area contributed by atoms with Crippen LogP contribution in [0.25, 0.3) is 0 Å². The molecule has 2 saturated heterocycles. The molecule has 0 amide bonds. The lowest BCUT2D eigenvalue weighted by molar-refractivity contribution is 0.0327. The highest BCUT2D eigenvalue weighted by atomic mass is 16.5. The lowest BCUT2D eigenvalue weighted by Gasteiger charge is -2.31. The second-order valence-corrected chi connectivity index (χ2v) is 6.45. The normalized spacial score (nSPS) is 29.2. The molecule has 1 aliphatic carbocycles. The van der Waals surface area contributed by atoms with Gasteiger partial charge in [-0.05, 0) is 38.1 Å². The maximum absolute atomic E-state index is 5.42. The van der Waals surface area contributed by atoms with E-state index in [4.69, 9.17) is 4.74 Å². The molecular weight excluding hydrogens is 238 g/mol. The van der Waals surface area contributed by atoms with Crippen molar-refractivity contribution in [3.05, 3.63) is 0 Å². The molecule has 3 fully saturated rings. The molecule has 0 aromatic carbocycles. The Morgan fingerprint density at radius 2 is 1.95 bits per heavy atom. The highest BCUT2D eigenvalue weighted by molar-refractivity contribution is 4.83. The highest BCUT2D eigenvalue weighted by Crippen LogP contribution is 2.29. The van der Waals surface area contributed by atoms with E-state index in [1.165, 1.54) is 58.4 Å². The molecule has 0 bridgehead atoms. The fraction of sp³-hybridized carbons (Fsp3) is 1.00. The molecule has 110 valence electrons. The monoisotopic (exact) mass is 267 g/mol. The van der Waals surface area contributed by atoms with Crippen LogP contribution >= 0.6 is 0 Å². The number of nitrogens with zero attached hydrogens (tertiary/aromatic N) is 2. The van der Waals surface area contributed by atoms with Crippen LogP contribution in [0.5, 0.6) is 0 Å². The fourth-order valence-electron chi connectivity index (χ4n) is 3.25. The predicted molar refractivity (Wildman–Crippen MR) is 77.4 cm³/mol. The second-order valence-electron chi connectivity index (χ2n) is 6.45. The van der Waals surface area contributed by atoms with E-state index in [1.54, 1.807) is 0 Å². The summed E-state index contributed by atoms with van der Waals surface area (Å²) in [4.78, 5) is 5.28. The zero-order valence-electron chi connectivity index (χ0n) is 12.1. The summed E-state index contributed by atoms with van der Waals surface area (Å²) in [5.41, 5.74) is 0. The average molecular weight is 267 g/mol. The van der Waals surface area contributed by atoms with Gasteiger partial charge in [0.1, 0.15) is 0 Å². The Morgan fingerprint density at radius 3 is 2.63 bits per heavy atom. The van der Waals surface area contributed by atoms with Crippen molar-refractivity contribution in [1.29, 1.82) is 0 Å². The molecule has 2 aliphatic heterocycles. The van der Waals surface area contributed by atoms with Gasteiger partial charge < -0.3 is 15.0 Å². The van der Waals surface area contributed by atoms with Crippen LogP contribution in [0.2, 0.25) is 0 Å². The summed E-state index contributed by atoms with van der Waals surface area (Å²) >= 11 is 0. The molecule has 0 spiro atoms. The van der Waals surface area contributed by atoms with Gasteiger partial charge in [0.05, 0.1) is 13.2 Å². The molecule has 1 N–H and O–H groups in total. The fourth-order valence-corrected chi connectivity index (χ4v) is 3.25. The SMILES string of the molecule is C1CNC(CN(CCN2CCOCC2)CC2CC2)C1. The first-order valence-electron chi connectivity index (χ1n) is 8.16. The number of rotatable bonds is 7. The van der Waals surface area contributed by atoms with Crippen LogP contribution in [0.3, 0.4) is 0 Å². The van der Waals surface area contributed by atoms with Crippen molar-refractivity contribution >= 4 is 0 Å². The van der Waals surface area contributed by atoms with Gasteiger partial charge in [-0.25, -0.2) is 0 Å². The van der Waals surface area contributed by atoms with Crippen molar-refractivity contribution in [3.63, 3.8) is 0 Å². The van der Waals surface area contributed by atoms with Crippen molar-refractivity contribution in [1.82, 2.24) is 15.1 Å². The van der Waals surface area contributed by atoms with Crippen LogP contribution in [0.15, 0.2) is 0 Å². The van der Waals surface area contributed by atoms with Gasteiger partial charge in [0.2, 0.25) is 0 Å². The molecule has 3 rings (SSSR count). The van der Waals surface area contributed by atoms with Gasteiger partial charge >= 0.3 is 0 Å². The molecule has 4 heteroatoms. The van der Waals surface area contributed by atoms with Gasteiger partial charge in [0.25, 0.3) is 0 Å². The Kier molecular flexibility index (Phi) is 5.10. The second kappa shape index (κ2) is 7.02. The largest absolute Gasteiger partial charge is 0.379 e. The molecule has 0 aromatic heterocycles. The van der Waals surface area contributed by atoms with Gasteiger partial charge in [0, 0.05) is 45.3 Å². The van der Waals surface area contributed by atoms with E-state index in [9.17, 15) is 0 Å². The molecule has 1 atom stereocenters. The first-order chi connectivity index (χ1) is 9.40. The highest BCUT2D eigenvalue weighted by Gasteiger charge is 2.26. The Bertz CT molecular complexity index is 258. The Morgan fingerprint density at radius 1 is 1.11 bits per heavy atom. The van der Waals surface area contributed by atoms with Gasteiger partial charge in [-0.3, -0.25) is 4.90 Å². The van der Waals surface area contributed by atoms with Crippen LogP contribution in [-0.4, -0.2) is 74.9 Å². The number of hydrogen-bond donors (Lipinski definition) is 1. The molecule has 0 aromatic rings. The van der Waals surface area contributed by atoms with Crippen molar-refractivity contribution in [2.45, 2.75) is 31.7 Å². The van der Waals surface area contributed by atoms with Crippen LogP contribution in [0.4, 0.5) is 0 Å². The van der Waals surface area contributed by atoms with E-state index in [2.05, 4.69) is 15.1 Å². The van der Waals surface area contributed by atoms with E-state index < -0.39 is 0 Å². The van der Waals surface area contributed by atoms with Gasteiger partial charge in [-0.15, -0.1) is 0 Å². The molecule has 4 nitrogen and oxygen atoms in total. The summed E-state index contributed by atoms with van der Waals surface area (Å²) in [6, 6.07) is 0.753. The van der Waals surface area contributed by atoms with Crippen molar-refractivity contribution in [2.75, 3.05) is 59.0 Å². The molecular formula is C15H29N3O. The molecule has 1 saturated carbocycles. The third-order valence-corrected chi connectivity index (χ3v) is 4.69. The van der Waals surface area contributed by atoms with E-state index >= 15 is 0 Å². The van der Waals surface area contributed by atoms with Crippen LogP contribution in [0.1, 0.15) is 25.7 Å². The number of nitrogens with one attached hydrogen (secondary N) is 1. The minimum atomic E-state index is 0.753. The maximum Gasteiger partial charge on any atom is 0.0594 e. The molecule has 3 aliphatic rings. The standard InChI is InChI=1S/C15H29N3O/c1-2-15(16-5-1)13-18(12-14-3-4-14)7-6-17-8-10-19-11-9-17/h14-16H,1-13H2. The first-order valence-corrected chi connectivity index (χ1v) is 8.16. The van der Waals surface area contributed by atoms with Crippen LogP contribution in [-0.2, 0) is 4.74 Å². The summed E-state index contributed by atoms with van der Waals surface area (Å²) < 4.78 is 5.42. The minimum Gasteiger partial charge on any atom is -0.379 e. The number of hydrogen-bond acceptors (Lipinski definition) is 4. The zero-order valence-corrected chi connectivity index (χ0v) is 12.1. The average Bonchev–Trinajstić information content (AvgIpc) is 3.11. The molecule has 0 radical (unpaired) electrons. The van der Waals surface area contributed by atoms with E-state index in [0.717, 1.165) is 38.3 Å². The van der Waals surface area contributed by atoms with Gasteiger partial charge in [0.15, 0.2) is 0 Å². The summed E-state index contributed by atoms with van der Waals surface area (Å²) in [7, 11) is 0. The van der Waals surface area contributed by atoms with Gasteiger partial charge in [-0.1, -0.05) is 0 Å². The smallest absolute Gasteiger partial charge is 0.0594 e. The third-order valence-electron chi connectivity index (χ3n) is 4.69. The quantitative estimate of drug-likeness (QED) is 0.738. The lowest BCUT2D eigenvalue weighted by Crippen LogP contribution is -2.45. The minimum absolute atomic E-state index is 0.753. The molecule has 2 heterocycles. The van der Waals surface area contributed by atoms with Gasteiger partial charge in [-0.2, -0.15) is 0 Å². The molecule has 19 heavy (non-hydrogen) atoms. The van der Waals surface area contributed by atoms with E-state index in [-0.39, 0.29) is 0 Å². The predicted octanol–water partition coefficient (Wildman–Crippen LogP) is 0.783.